The maximum Gasteiger partial charge on any atom is 0.140 e. The highest BCUT2D eigenvalue weighted by Gasteiger charge is 2.07. The van der Waals surface area contributed by atoms with Crippen LogP contribution in [-0.2, 0) is 6.61 Å². The monoisotopic (exact) mass is 277 g/mol. The molecule has 102 valence electrons. The van der Waals surface area contributed by atoms with E-state index in [1.165, 1.54) is 4.88 Å². The quantitative estimate of drug-likeness (QED) is 0.926. The van der Waals surface area contributed by atoms with Crippen LogP contribution in [0.15, 0.2) is 18.2 Å². The molecule has 2 aromatic rings. The fourth-order valence-electron chi connectivity index (χ4n) is 1.83. The Balaban J connectivity index is 2.07. The van der Waals surface area contributed by atoms with Gasteiger partial charge in [0.15, 0.2) is 0 Å². The van der Waals surface area contributed by atoms with Gasteiger partial charge in [-0.05, 0) is 51.0 Å². The van der Waals surface area contributed by atoms with Gasteiger partial charge in [0.2, 0.25) is 0 Å². The Morgan fingerprint density at radius 1 is 1.32 bits per heavy atom. The van der Waals surface area contributed by atoms with Gasteiger partial charge in [0.05, 0.1) is 11.8 Å². The van der Waals surface area contributed by atoms with Crippen LogP contribution in [0.4, 0.5) is 0 Å². The summed E-state index contributed by atoms with van der Waals surface area (Å²) in [6, 6.07) is 5.76. The van der Waals surface area contributed by atoms with E-state index >= 15 is 0 Å². The van der Waals surface area contributed by atoms with Gasteiger partial charge in [-0.15, -0.1) is 11.3 Å². The number of ether oxygens (including phenoxy) is 1. The number of benzene rings is 1. The number of nitrogens with zero attached hydrogens (tertiary/aromatic N) is 1. The van der Waals surface area contributed by atoms with Crippen LogP contribution in [0.3, 0.4) is 0 Å². The zero-order chi connectivity index (χ0) is 14.0. The van der Waals surface area contributed by atoms with Crippen molar-refractivity contribution in [1.29, 1.82) is 0 Å². The van der Waals surface area contributed by atoms with Crippen LogP contribution in [0.2, 0.25) is 0 Å². The second-order valence-corrected chi connectivity index (χ2v) is 6.03. The molecule has 0 amide bonds. The van der Waals surface area contributed by atoms with E-state index in [4.69, 9.17) is 4.74 Å². The van der Waals surface area contributed by atoms with Crippen LogP contribution < -0.4 is 4.74 Å². The van der Waals surface area contributed by atoms with E-state index in [0.29, 0.717) is 6.61 Å². The van der Waals surface area contributed by atoms with Gasteiger partial charge >= 0.3 is 0 Å². The highest BCUT2D eigenvalue weighted by molar-refractivity contribution is 7.11. The lowest BCUT2D eigenvalue weighted by Gasteiger charge is -2.11. The normalized spacial score (nSPS) is 12.5. The number of hydrogen-bond acceptors (Lipinski definition) is 4. The van der Waals surface area contributed by atoms with E-state index in [2.05, 4.69) is 11.9 Å². The lowest BCUT2D eigenvalue weighted by atomic mass is 10.1. The van der Waals surface area contributed by atoms with Crippen molar-refractivity contribution in [3.05, 3.63) is 44.9 Å². The van der Waals surface area contributed by atoms with Gasteiger partial charge in [0, 0.05) is 4.88 Å². The van der Waals surface area contributed by atoms with E-state index < -0.39 is 6.10 Å². The lowest BCUT2D eigenvalue weighted by Crippen LogP contribution is -1.98. The number of rotatable bonds is 4. The van der Waals surface area contributed by atoms with Crippen LogP contribution in [0.1, 0.15) is 39.7 Å². The summed E-state index contributed by atoms with van der Waals surface area (Å²) < 4.78 is 5.79. The summed E-state index contributed by atoms with van der Waals surface area (Å²) in [6.07, 6.45) is -0.447. The summed E-state index contributed by atoms with van der Waals surface area (Å²) in [4.78, 5) is 5.69. The van der Waals surface area contributed by atoms with Gasteiger partial charge in [-0.1, -0.05) is 6.07 Å². The third-order valence-electron chi connectivity index (χ3n) is 3.11. The predicted molar refractivity (Wildman–Crippen MR) is 77.7 cm³/mol. The van der Waals surface area contributed by atoms with Crippen molar-refractivity contribution in [2.45, 2.75) is 40.4 Å². The molecule has 3 nitrogen and oxygen atoms in total. The molecule has 1 unspecified atom stereocenters. The Kier molecular flexibility index (Phi) is 4.22. The molecule has 0 radical (unpaired) electrons. The van der Waals surface area contributed by atoms with Crippen molar-refractivity contribution in [3.8, 4) is 5.75 Å². The Morgan fingerprint density at radius 2 is 2.05 bits per heavy atom. The highest BCUT2D eigenvalue weighted by atomic mass is 32.1. The number of aryl methyl sites for hydroxylation is 3. The second kappa shape index (κ2) is 5.72. The van der Waals surface area contributed by atoms with E-state index in [1.54, 1.807) is 18.3 Å². The fraction of sp³-hybridized carbons (Fsp3) is 0.400. The van der Waals surface area contributed by atoms with Gasteiger partial charge in [-0.25, -0.2) is 4.98 Å². The standard InChI is InChI=1S/C15H19NO2S/c1-9-7-13(11(3)17)5-6-14(9)18-8-15-16-10(2)12(4)19-15/h5-7,11,17H,8H2,1-4H3. The minimum Gasteiger partial charge on any atom is -0.486 e. The number of hydrogen-bond donors (Lipinski definition) is 1. The van der Waals surface area contributed by atoms with Crippen LogP contribution in [0, 0.1) is 20.8 Å². The van der Waals surface area contributed by atoms with Crippen molar-refractivity contribution < 1.29 is 9.84 Å². The Hall–Kier alpha value is -1.39. The third kappa shape index (κ3) is 3.33. The molecule has 0 spiro atoms. The summed E-state index contributed by atoms with van der Waals surface area (Å²) in [7, 11) is 0. The van der Waals surface area contributed by atoms with Gasteiger partial charge in [0.1, 0.15) is 17.4 Å². The predicted octanol–water partition coefficient (Wildman–Crippen LogP) is 3.70. The summed E-state index contributed by atoms with van der Waals surface area (Å²) >= 11 is 1.67. The topological polar surface area (TPSA) is 42.4 Å². The lowest BCUT2D eigenvalue weighted by molar-refractivity contribution is 0.199. The van der Waals surface area contributed by atoms with Crippen LogP contribution in [-0.4, -0.2) is 10.1 Å². The van der Waals surface area contributed by atoms with Gasteiger partial charge in [-0.2, -0.15) is 0 Å². The van der Waals surface area contributed by atoms with Crippen molar-refractivity contribution in [2.24, 2.45) is 0 Å². The van der Waals surface area contributed by atoms with E-state index in [9.17, 15) is 5.11 Å². The summed E-state index contributed by atoms with van der Waals surface area (Å²) in [5.74, 6) is 0.843. The molecular weight excluding hydrogens is 258 g/mol. The van der Waals surface area contributed by atoms with Crippen molar-refractivity contribution >= 4 is 11.3 Å². The number of aromatic nitrogens is 1. The molecule has 0 aliphatic rings. The third-order valence-corrected chi connectivity index (χ3v) is 4.15. The second-order valence-electron chi connectivity index (χ2n) is 4.74. The molecule has 1 heterocycles. The van der Waals surface area contributed by atoms with Gasteiger partial charge < -0.3 is 9.84 Å². The van der Waals surface area contributed by atoms with E-state index in [1.807, 2.05) is 32.0 Å². The first kappa shape index (κ1) is 14.0. The molecule has 1 aromatic heterocycles. The molecule has 19 heavy (non-hydrogen) atoms. The first-order valence-electron chi connectivity index (χ1n) is 6.31. The molecule has 0 bridgehead atoms. The Labute approximate surface area is 117 Å². The summed E-state index contributed by atoms with van der Waals surface area (Å²) in [5, 5.41) is 10.5. The maximum atomic E-state index is 9.53. The zero-order valence-corrected chi connectivity index (χ0v) is 12.5. The molecule has 4 heteroatoms. The van der Waals surface area contributed by atoms with Crippen molar-refractivity contribution in [1.82, 2.24) is 4.98 Å². The molecule has 1 aromatic carbocycles. The number of aliphatic hydroxyl groups excluding tert-OH is 1. The van der Waals surface area contributed by atoms with Crippen molar-refractivity contribution in [2.75, 3.05) is 0 Å². The average molecular weight is 277 g/mol. The first-order chi connectivity index (χ1) is 8.97. The molecule has 0 aliphatic heterocycles. The molecular formula is C15H19NO2S. The molecule has 1 N–H and O–H groups in total. The number of aliphatic hydroxyl groups is 1. The fourth-order valence-corrected chi connectivity index (χ4v) is 2.68. The maximum absolute atomic E-state index is 9.53. The van der Waals surface area contributed by atoms with Crippen LogP contribution >= 0.6 is 11.3 Å². The number of thiazole rings is 1. The molecule has 0 aliphatic carbocycles. The largest absolute Gasteiger partial charge is 0.486 e. The minimum absolute atomic E-state index is 0.447. The molecule has 0 saturated heterocycles. The van der Waals surface area contributed by atoms with Crippen LogP contribution in [0.5, 0.6) is 5.75 Å². The molecule has 1 atom stereocenters. The first-order valence-corrected chi connectivity index (χ1v) is 7.13. The molecule has 0 saturated carbocycles. The summed E-state index contributed by atoms with van der Waals surface area (Å²) in [6.45, 7) is 8.32. The Morgan fingerprint density at radius 3 is 2.58 bits per heavy atom. The molecule has 0 fully saturated rings. The minimum atomic E-state index is -0.447. The van der Waals surface area contributed by atoms with Crippen molar-refractivity contribution in [3.63, 3.8) is 0 Å². The Bertz CT molecular complexity index is 556. The average Bonchev–Trinajstić information content (AvgIpc) is 2.67. The van der Waals surface area contributed by atoms with E-state index in [0.717, 1.165) is 27.6 Å². The SMILES string of the molecule is Cc1cc(C(C)O)ccc1OCc1nc(C)c(C)s1. The zero-order valence-electron chi connectivity index (χ0n) is 11.7. The smallest absolute Gasteiger partial charge is 0.140 e. The summed E-state index contributed by atoms with van der Waals surface area (Å²) in [5.41, 5.74) is 3.01. The molecule has 2 rings (SSSR count). The van der Waals surface area contributed by atoms with E-state index in [-0.39, 0.29) is 0 Å². The van der Waals surface area contributed by atoms with Gasteiger partial charge in [0.25, 0.3) is 0 Å². The van der Waals surface area contributed by atoms with Crippen LogP contribution in [0.25, 0.3) is 0 Å². The van der Waals surface area contributed by atoms with Gasteiger partial charge in [-0.3, -0.25) is 0 Å². The highest BCUT2D eigenvalue weighted by Crippen LogP contribution is 2.24.